The molecule has 1 rings (SSSR count). The summed E-state index contributed by atoms with van der Waals surface area (Å²) in [5, 5.41) is 10.5. The molecule has 1 aliphatic carbocycles. The van der Waals surface area contributed by atoms with Crippen LogP contribution in [0.15, 0.2) is 0 Å². The number of nitrogens with zero attached hydrogens (tertiary/aromatic N) is 1. The third-order valence-corrected chi connectivity index (χ3v) is 4.17. The van der Waals surface area contributed by atoms with Crippen LogP contribution in [0.2, 0.25) is 0 Å². The minimum Gasteiger partial charge on any atom is -0.391 e. The van der Waals surface area contributed by atoms with Crippen molar-refractivity contribution in [2.24, 2.45) is 5.41 Å². The van der Waals surface area contributed by atoms with Crippen LogP contribution in [-0.4, -0.2) is 61.7 Å². The van der Waals surface area contributed by atoms with Gasteiger partial charge >= 0.3 is 0 Å². The SMILES string of the molecule is CCOCCN(CCOCC)C1CCC(C)(C)C1O. The molecule has 0 radical (unpaired) electrons. The maximum atomic E-state index is 10.5. The van der Waals surface area contributed by atoms with E-state index in [1.807, 2.05) is 13.8 Å². The number of aliphatic hydroxyl groups is 1. The summed E-state index contributed by atoms with van der Waals surface area (Å²) < 4.78 is 10.9. The fourth-order valence-corrected chi connectivity index (χ4v) is 2.82. The molecule has 19 heavy (non-hydrogen) atoms. The second-order valence-corrected chi connectivity index (χ2v) is 5.97. The summed E-state index contributed by atoms with van der Waals surface area (Å²) in [4.78, 5) is 2.34. The van der Waals surface area contributed by atoms with E-state index in [4.69, 9.17) is 9.47 Å². The molecule has 1 aliphatic rings. The summed E-state index contributed by atoms with van der Waals surface area (Å²) >= 11 is 0. The molecule has 2 atom stereocenters. The standard InChI is InChI=1S/C15H31NO3/c1-5-18-11-9-16(10-12-19-6-2)13-7-8-15(3,4)14(13)17/h13-14,17H,5-12H2,1-4H3. The van der Waals surface area contributed by atoms with Crippen LogP contribution in [0.4, 0.5) is 0 Å². The van der Waals surface area contributed by atoms with Crippen molar-refractivity contribution >= 4 is 0 Å². The molecule has 0 aromatic rings. The number of rotatable bonds is 9. The number of ether oxygens (including phenoxy) is 2. The molecule has 4 heteroatoms. The highest BCUT2D eigenvalue weighted by Crippen LogP contribution is 2.39. The third-order valence-electron chi connectivity index (χ3n) is 4.17. The first-order chi connectivity index (χ1) is 9.03. The zero-order valence-corrected chi connectivity index (χ0v) is 13.0. The Kier molecular flexibility index (Phi) is 7.29. The van der Waals surface area contributed by atoms with Crippen molar-refractivity contribution in [1.29, 1.82) is 0 Å². The van der Waals surface area contributed by atoms with Gasteiger partial charge in [-0.2, -0.15) is 0 Å². The Bertz CT molecular complexity index is 236. The molecule has 1 fully saturated rings. The van der Waals surface area contributed by atoms with Gasteiger partial charge < -0.3 is 14.6 Å². The van der Waals surface area contributed by atoms with Gasteiger partial charge in [0.2, 0.25) is 0 Å². The van der Waals surface area contributed by atoms with Crippen LogP contribution in [0.25, 0.3) is 0 Å². The second kappa shape index (κ2) is 8.20. The zero-order valence-electron chi connectivity index (χ0n) is 13.0. The minimum atomic E-state index is -0.254. The van der Waals surface area contributed by atoms with E-state index in [1.165, 1.54) is 0 Å². The van der Waals surface area contributed by atoms with Gasteiger partial charge in [0.05, 0.1) is 19.3 Å². The molecule has 4 nitrogen and oxygen atoms in total. The molecule has 0 heterocycles. The molecular weight excluding hydrogens is 242 g/mol. The van der Waals surface area contributed by atoms with Gasteiger partial charge in [0, 0.05) is 32.3 Å². The first kappa shape index (κ1) is 16.9. The van der Waals surface area contributed by atoms with Crippen molar-refractivity contribution in [3.05, 3.63) is 0 Å². The van der Waals surface area contributed by atoms with Gasteiger partial charge in [-0.05, 0) is 32.1 Å². The molecule has 0 saturated heterocycles. The average molecular weight is 273 g/mol. The Morgan fingerprint density at radius 1 is 1.11 bits per heavy atom. The monoisotopic (exact) mass is 273 g/mol. The summed E-state index contributed by atoms with van der Waals surface area (Å²) in [5.74, 6) is 0. The maximum Gasteiger partial charge on any atom is 0.0746 e. The van der Waals surface area contributed by atoms with E-state index in [0.29, 0.717) is 0 Å². The van der Waals surface area contributed by atoms with Crippen molar-refractivity contribution in [1.82, 2.24) is 4.90 Å². The lowest BCUT2D eigenvalue weighted by Gasteiger charge is -2.34. The van der Waals surface area contributed by atoms with E-state index in [0.717, 1.165) is 52.4 Å². The van der Waals surface area contributed by atoms with E-state index in [2.05, 4.69) is 18.7 Å². The normalized spacial score (nSPS) is 26.2. The van der Waals surface area contributed by atoms with Crippen molar-refractivity contribution in [3.8, 4) is 0 Å². The summed E-state index contributed by atoms with van der Waals surface area (Å²) in [6, 6.07) is 0.246. The average Bonchev–Trinajstić information content (AvgIpc) is 2.63. The summed E-state index contributed by atoms with van der Waals surface area (Å²) in [6.45, 7) is 13.0. The predicted molar refractivity (Wildman–Crippen MR) is 77.4 cm³/mol. The van der Waals surface area contributed by atoms with Gasteiger partial charge in [0.15, 0.2) is 0 Å². The van der Waals surface area contributed by atoms with Gasteiger partial charge in [-0.3, -0.25) is 4.90 Å². The Labute approximate surface area is 118 Å². The number of hydrogen-bond donors (Lipinski definition) is 1. The van der Waals surface area contributed by atoms with Crippen LogP contribution >= 0.6 is 0 Å². The fourth-order valence-electron chi connectivity index (χ4n) is 2.82. The largest absolute Gasteiger partial charge is 0.391 e. The minimum absolute atomic E-state index is 0.0279. The Morgan fingerprint density at radius 3 is 2.00 bits per heavy atom. The maximum absolute atomic E-state index is 10.5. The van der Waals surface area contributed by atoms with Crippen molar-refractivity contribution in [2.75, 3.05) is 39.5 Å². The molecule has 0 aliphatic heterocycles. The first-order valence-corrected chi connectivity index (χ1v) is 7.60. The molecule has 0 bridgehead atoms. The van der Waals surface area contributed by atoms with Crippen LogP contribution in [0.1, 0.15) is 40.5 Å². The Balaban J connectivity index is 2.51. The van der Waals surface area contributed by atoms with Crippen LogP contribution in [0.3, 0.4) is 0 Å². The van der Waals surface area contributed by atoms with Gasteiger partial charge in [-0.25, -0.2) is 0 Å². The second-order valence-electron chi connectivity index (χ2n) is 5.97. The van der Waals surface area contributed by atoms with Crippen LogP contribution < -0.4 is 0 Å². The summed E-state index contributed by atoms with van der Waals surface area (Å²) in [6.07, 6.45) is 1.89. The van der Waals surface area contributed by atoms with Gasteiger partial charge in [-0.15, -0.1) is 0 Å². The van der Waals surface area contributed by atoms with Crippen LogP contribution in [0.5, 0.6) is 0 Å². The summed E-state index contributed by atoms with van der Waals surface area (Å²) in [5.41, 5.74) is 0.0279. The van der Waals surface area contributed by atoms with Gasteiger partial charge in [-0.1, -0.05) is 13.8 Å². The Hall–Kier alpha value is -0.160. The molecular formula is C15H31NO3. The quantitative estimate of drug-likeness (QED) is 0.652. The highest BCUT2D eigenvalue weighted by Gasteiger charge is 2.43. The molecule has 0 spiro atoms. The summed E-state index contributed by atoms with van der Waals surface area (Å²) in [7, 11) is 0. The number of hydrogen-bond acceptors (Lipinski definition) is 4. The van der Waals surface area contributed by atoms with Gasteiger partial charge in [0.1, 0.15) is 0 Å². The molecule has 1 saturated carbocycles. The van der Waals surface area contributed by atoms with Gasteiger partial charge in [0.25, 0.3) is 0 Å². The van der Waals surface area contributed by atoms with E-state index < -0.39 is 0 Å². The highest BCUT2D eigenvalue weighted by molar-refractivity contribution is 4.96. The van der Waals surface area contributed by atoms with Crippen LogP contribution in [-0.2, 0) is 9.47 Å². The van der Waals surface area contributed by atoms with E-state index in [-0.39, 0.29) is 17.6 Å². The van der Waals surface area contributed by atoms with Crippen molar-refractivity contribution in [2.45, 2.75) is 52.7 Å². The zero-order chi connectivity index (χ0) is 14.3. The topological polar surface area (TPSA) is 41.9 Å². The van der Waals surface area contributed by atoms with Crippen molar-refractivity contribution < 1.29 is 14.6 Å². The first-order valence-electron chi connectivity index (χ1n) is 7.60. The highest BCUT2D eigenvalue weighted by atomic mass is 16.5. The molecule has 0 aromatic heterocycles. The lowest BCUT2D eigenvalue weighted by molar-refractivity contribution is -0.00651. The lowest BCUT2D eigenvalue weighted by atomic mass is 9.88. The molecule has 0 aromatic carbocycles. The molecule has 0 amide bonds. The smallest absolute Gasteiger partial charge is 0.0746 e. The number of aliphatic hydroxyl groups excluding tert-OH is 1. The van der Waals surface area contributed by atoms with E-state index in [9.17, 15) is 5.11 Å². The van der Waals surface area contributed by atoms with E-state index >= 15 is 0 Å². The Morgan fingerprint density at radius 2 is 1.63 bits per heavy atom. The van der Waals surface area contributed by atoms with Crippen molar-refractivity contribution in [3.63, 3.8) is 0 Å². The van der Waals surface area contributed by atoms with Crippen LogP contribution in [0, 0.1) is 5.41 Å². The van der Waals surface area contributed by atoms with E-state index in [1.54, 1.807) is 0 Å². The predicted octanol–water partition coefficient (Wildman–Crippen LogP) is 1.91. The molecule has 114 valence electrons. The lowest BCUT2D eigenvalue weighted by Crippen LogP contribution is -2.46. The molecule has 1 N–H and O–H groups in total. The third kappa shape index (κ3) is 5.03. The fraction of sp³-hybridized carbons (Fsp3) is 1.00. The molecule has 2 unspecified atom stereocenters.